The van der Waals surface area contributed by atoms with Crippen LogP contribution in [0.2, 0.25) is 0 Å². The Kier molecular flexibility index (Phi) is 5.74. The molecule has 0 saturated carbocycles. The zero-order chi connectivity index (χ0) is 26.8. The highest BCUT2D eigenvalue weighted by Gasteiger charge is 2.32. The minimum absolute atomic E-state index is 0.260. The quantitative estimate of drug-likeness (QED) is 0.274. The highest BCUT2D eigenvalue weighted by atomic mass is 32.1. The van der Waals surface area contributed by atoms with Crippen LogP contribution in [0.4, 0.5) is 20.3 Å². The Morgan fingerprint density at radius 3 is 2.77 bits per heavy atom. The predicted octanol–water partition coefficient (Wildman–Crippen LogP) is 5.91. The van der Waals surface area contributed by atoms with Gasteiger partial charge in [-0.15, -0.1) is 11.3 Å². The number of piperazine rings is 1. The van der Waals surface area contributed by atoms with Crippen LogP contribution in [0.3, 0.4) is 0 Å². The summed E-state index contributed by atoms with van der Waals surface area (Å²) in [7, 11) is 0. The molecular weight excluding hydrogens is 528 g/mol. The number of rotatable bonds is 4. The molecule has 3 aliphatic rings. The summed E-state index contributed by atoms with van der Waals surface area (Å²) in [5, 5.41) is 5.41. The molecule has 7 nitrogen and oxygen atoms in total. The molecule has 0 spiro atoms. The number of anilines is 2. The molecule has 5 aromatic rings. The molecule has 3 aliphatic heterocycles. The first kappa shape index (κ1) is 24.2. The molecule has 2 atom stereocenters. The summed E-state index contributed by atoms with van der Waals surface area (Å²) >= 11 is 1.66. The largest absolute Gasteiger partial charge is 0.369 e. The van der Waals surface area contributed by atoms with Crippen LogP contribution < -0.4 is 9.80 Å². The van der Waals surface area contributed by atoms with E-state index in [1.54, 1.807) is 15.9 Å². The molecule has 0 bridgehead atoms. The zero-order valence-corrected chi connectivity index (χ0v) is 22.8. The van der Waals surface area contributed by atoms with E-state index < -0.39 is 5.82 Å². The van der Waals surface area contributed by atoms with Crippen LogP contribution in [-0.2, 0) is 0 Å². The Labute approximate surface area is 234 Å². The third-order valence-corrected chi connectivity index (χ3v) is 9.82. The second kappa shape index (κ2) is 9.49. The predicted molar refractivity (Wildman–Crippen MR) is 154 cm³/mol. The zero-order valence-electron chi connectivity index (χ0n) is 22.0. The highest BCUT2D eigenvalue weighted by molar-refractivity contribution is 7.21. The molecular formula is C30H29F2N7S. The average Bonchev–Trinajstić information content (AvgIpc) is 3.78. The van der Waals surface area contributed by atoms with Gasteiger partial charge in [0.1, 0.15) is 22.5 Å². The summed E-state index contributed by atoms with van der Waals surface area (Å²) < 4.78 is 31.6. The fourth-order valence-corrected chi connectivity index (χ4v) is 7.76. The van der Waals surface area contributed by atoms with Crippen LogP contribution in [0, 0.1) is 11.6 Å². The van der Waals surface area contributed by atoms with E-state index in [-0.39, 0.29) is 11.9 Å². The summed E-state index contributed by atoms with van der Waals surface area (Å²) in [6, 6.07) is 12.6. The molecule has 2 aromatic carbocycles. The molecule has 0 unspecified atom stereocenters. The van der Waals surface area contributed by atoms with Crippen LogP contribution in [0.25, 0.3) is 26.4 Å². The summed E-state index contributed by atoms with van der Waals surface area (Å²) in [6.45, 7) is 5.26. The van der Waals surface area contributed by atoms with Crippen molar-refractivity contribution in [1.82, 2.24) is 24.5 Å². The number of fused-ring (bicyclic) bond motifs is 3. The van der Waals surface area contributed by atoms with Gasteiger partial charge >= 0.3 is 0 Å². The van der Waals surface area contributed by atoms with E-state index in [1.165, 1.54) is 37.2 Å². The van der Waals surface area contributed by atoms with Crippen molar-refractivity contribution in [3.05, 3.63) is 72.1 Å². The molecule has 0 N–H and O–H groups in total. The van der Waals surface area contributed by atoms with E-state index in [4.69, 9.17) is 9.97 Å². The van der Waals surface area contributed by atoms with Gasteiger partial charge in [0.15, 0.2) is 5.65 Å². The van der Waals surface area contributed by atoms with Crippen molar-refractivity contribution in [2.75, 3.05) is 42.5 Å². The molecule has 0 radical (unpaired) electrons. The molecule has 3 aromatic heterocycles. The van der Waals surface area contributed by atoms with Crippen LogP contribution in [-0.4, -0.2) is 63.2 Å². The van der Waals surface area contributed by atoms with Gasteiger partial charge in [-0.25, -0.2) is 23.3 Å². The Balaban J connectivity index is 1.12. The molecule has 0 aliphatic carbocycles. The van der Waals surface area contributed by atoms with E-state index in [0.717, 1.165) is 71.7 Å². The number of thiazole rings is 1. The first-order chi connectivity index (χ1) is 19.6. The minimum Gasteiger partial charge on any atom is -0.369 e. The van der Waals surface area contributed by atoms with Crippen LogP contribution in [0.1, 0.15) is 37.3 Å². The maximum Gasteiger partial charge on any atom is 0.167 e. The lowest BCUT2D eigenvalue weighted by atomic mass is 10.0. The lowest BCUT2D eigenvalue weighted by Gasteiger charge is -2.38. The molecule has 6 heterocycles. The van der Waals surface area contributed by atoms with Crippen LogP contribution >= 0.6 is 11.3 Å². The van der Waals surface area contributed by atoms with Gasteiger partial charge in [0.05, 0.1) is 28.0 Å². The maximum absolute atomic E-state index is 14.7. The third kappa shape index (κ3) is 4.04. The third-order valence-electron chi connectivity index (χ3n) is 8.77. The van der Waals surface area contributed by atoms with Crippen molar-refractivity contribution in [3.8, 4) is 10.6 Å². The van der Waals surface area contributed by atoms with Gasteiger partial charge in [-0.2, -0.15) is 5.10 Å². The average molecular weight is 558 g/mol. The molecule has 3 fully saturated rings. The Morgan fingerprint density at radius 2 is 1.82 bits per heavy atom. The summed E-state index contributed by atoms with van der Waals surface area (Å²) in [5.41, 5.74) is 4.19. The van der Waals surface area contributed by atoms with Gasteiger partial charge in [0.25, 0.3) is 0 Å². The number of hydrogen-bond donors (Lipinski definition) is 0. The summed E-state index contributed by atoms with van der Waals surface area (Å²) in [4.78, 5) is 17.1. The van der Waals surface area contributed by atoms with Gasteiger partial charge in [-0.05, 0) is 74.7 Å². The number of halogens is 2. The second-order valence-corrected chi connectivity index (χ2v) is 12.1. The SMILES string of the molecule is Fc1ccc(F)c([C@H]2CCCN2c2ccn3ncc(-c4nc5ccc(N6CCN7CCC[C@@H]7C6)cc5s4)c3n2)c1. The summed E-state index contributed by atoms with van der Waals surface area (Å²) in [5.74, 6) is -0.0808. The van der Waals surface area contributed by atoms with Gasteiger partial charge in [-0.1, -0.05) is 0 Å². The normalized spacial score (nSPS) is 21.6. The lowest BCUT2D eigenvalue weighted by Crippen LogP contribution is -2.50. The van der Waals surface area contributed by atoms with E-state index >= 15 is 0 Å². The van der Waals surface area contributed by atoms with Crippen molar-refractivity contribution >= 4 is 38.7 Å². The van der Waals surface area contributed by atoms with E-state index in [0.29, 0.717) is 17.3 Å². The standard InChI is InChI=1S/C30H29F2N7S/c31-19-5-7-24(32)22(15-19)26-4-2-11-38(26)28-9-12-39-29(35-28)23(17-33-39)30-34-25-8-6-20(16-27(25)40-30)37-14-13-36-10-1-3-21(36)18-37/h5-9,12,15-17,21,26H,1-4,10-11,13-14,18H2/t21-,26-/m1/s1. The first-order valence-electron chi connectivity index (χ1n) is 14.1. The topological polar surface area (TPSA) is 52.8 Å². The Morgan fingerprint density at radius 1 is 0.900 bits per heavy atom. The molecule has 3 saturated heterocycles. The van der Waals surface area contributed by atoms with Crippen LogP contribution in [0.5, 0.6) is 0 Å². The van der Waals surface area contributed by atoms with Crippen molar-refractivity contribution in [2.45, 2.75) is 37.8 Å². The fourth-order valence-electron chi connectivity index (χ4n) is 6.76. The first-order valence-corrected chi connectivity index (χ1v) is 14.9. The molecule has 40 heavy (non-hydrogen) atoms. The number of aromatic nitrogens is 4. The fraction of sp³-hybridized carbons (Fsp3) is 0.367. The van der Waals surface area contributed by atoms with E-state index in [2.05, 4.69) is 38.0 Å². The molecule has 8 rings (SSSR count). The van der Waals surface area contributed by atoms with Gasteiger partial charge in [0, 0.05) is 49.7 Å². The molecule has 0 amide bonds. The Bertz CT molecular complexity index is 1730. The highest BCUT2D eigenvalue weighted by Crippen LogP contribution is 2.39. The van der Waals surface area contributed by atoms with Crippen molar-refractivity contribution < 1.29 is 8.78 Å². The molecule has 10 heteroatoms. The Hall–Kier alpha value is -3.63. The van der Waals surface area contributed by atoms with Gasteiger partial charge in [0.2, 0.25) is 0 Å². The van der Waals surface area contributed by atoms with E-state index in [9.17, 15) is 8.78 Å². The van der Waals surface area contributed by atoms with E-state index in [1.807, 2.05) is 18.5 Å². The lowest BCUT2D eigenvalue weighted by molar-refractivity contribution is 0.231. The number of hydrogen-bond acceptors (Lipinski definition) is 7. The van der Waals surface area contributed by atoms with Gasteiger partial charge < -0.3 is 9.80 Å². The van der Waals surface area contributed by atoms with Crippen molar-refractivity contribution in [1.29, 1.82) is 0 Å². The maximum atomic E-state index is 14.7. The molecule has 204 valence electrons. The number of benzene rings is 2. The summed E-state index contributed by atoms with van der Waals surface area (Å²) in [6.07, 6.45) is 7.93. The smallest absolute Gasteiger partial charge is 0.167 e. The van der Waals surface area contributed by atoms with Crippen molar-refractivity contribution in [2.24, 2.45) is 0 Å². The monoisotopic (exact) mass is 557 g/mol. The van der Waals surface area contributed by atoms with Crippen molar-refractivity contribution in [3.63, 3.8) is 0 Å². The number of nitrogens with zero attached hydrogens (tertiary/aromatic N) is 7. The second-order valence-electron chi connectivity index (χ2n) is 11.1. The van der Waals surface area contributed by atoms with Gasteiger partial charge in [-0.3, -0.25) is 4.90 Å². The van der Waals surface area contributed by atoms with Crippen LogP contribution in [0.15, 0.2) is 54.9 Å². The minimum atomic E-state index is -0.426.